The average Bonchev–Trinajstić information content (AvgIpc) is 2.77. The maximum Gasteiger partial charge on any atom is 0.227 e. The van der Waals surface area contributed by atoms with Gasteiger partial charge in [0.15, 0.2) is 0 Å². The Labute approximate surface area is 179 Å². The lowest BCUT2D eigenvalue weighted by atomic mass is 9.81. The number of benzene rings is 2. The van der Waals surface area contributed by atoms with Crippen molar-refractivity contribution in [1.29, 1.82) is 0 Å². The van der Waals surface area contributed by atoms with Crippen molar-refractivity contribution >= 4 is 23.1 Å². The molecular formula is C25H31N3O2. The van der Waals surface area contributed by atoms with Gasteiger partial charge in [0.2, 0.25) is 5.91 Å². The topological polar surface area (TPSA) is 52.7 Å². The lowest BCUT2D eigenvalue weighted by Crippen LogP contribution is -2.45. The van der Waals surface area contributed by atoms with Gasteiger partial charge in [-0.1, -0.05) is 37.3 Å². The number of Topliss-reactive ketones (excluding diaryl/α,β-unsaturated/α-hetero) is 1. The van der Waals surface area contributed by atoms with Crippen LogP contribution in [0.2, 0.25) is 0 Å². The highest BCUT2D eigenvalue weighted by Gasteiger charge is 2.30. The molecule has 4 rings (SSSR count). The van der Waals surface area contributed by atoms with Crippen LogP contribution in [0.5, 0.6) is 0 Å². The number of amides is 1. The van der Waals surface area contributed by atoms with Crippen molar-refractivity contribution in [3.05, 3.63) is 60.2 Å². The summed E-state index contributed by atoms with van der Waals surface area (Å²) in [6, 6.07) is 18.8. The van der Waals surface area contributed by atoms with Gasteiger partial charge in [-0.05, 0) is 42.7 Å². The van der Waals surface area contributed by atoms with Crippen LogP contribution in [0, 0.1) is 11.8 Å². The first-order valence-electron chi connectivity index (χ1n) is 11.0. The second-order valence-electron chi connectivity index (χ2n) is 8.62. The average molecular weight is 406 g/mol. The molecule has 0 radical (unpaired) electrons. The molecule has 5 heteroatoms. The summed E-state index contributed by atoms with van der Waals surface area (Å²) in [6.45, 7) is 7.04. The van der Waals surface area contributed by atoms with Crippen LogP contribution in [0.1, 0.15) is 31.7 Å². The van der Waals surface area contributed by atoms with E-state index in [4.69, 9.17) is 0 Å². The van der Waals surface area contributed by atoms with Gasteiger partial charge in [-0.2, -0.15) is 0 Å². The summed E-state index contributed by atoms with van der Waals surface area (Å²) in [7, 11) is 0. The Bertz CT molecular complexity index is 858. The largest absolute Gasteiger partial charge is 0.369 e. The zero-order chi connectivity index (χ0) is 20.9. The Morgan fingerprint density at radius 2 is 1.70 bits per heavy atom. The predicted molar refractivity (Wildman–Crippen MR) is 121 cm³/mol. The minimum Gasteiger partial charge on any atom is -0.369 e. The molecule has 158 valence electrons. The molecule has 1 saturated heterocycles. The fraction of sp³-hybridized carbons (Fsp3) is 0.440. The van der Waals surface area contributed by atoms with Gasteiger partial charge < -0.3 is 10.2 Å². The minimum absolute atomic E-state index is 0.00238. The van der Waals surface area contributed by atoms with Crippen LogP contribution < -0.4 is 10.2 Å². The van der Waals surface area contributed by atoms with Crippen molar-refractivity contribution in [1.82, 2.24) is 4.90 Å². The fourth-order valence-corrected chi connectivity index (χ4v) is 4.48. The first-order valence-corrected chi connectivity index (χ1v) is 11.0. The summed E-state index contributed by atoms with van der Waals surface area (Å²) in [5.74, 6) is 0.261. The number of carbonyl (C=O) groups is 2. The Balaban J connectivity index is 1.27. The Morgan fingerprint density at radius 1 is 1.00 bits per heavy atom. The first kappa shape index (κ1) is 20.6. The molecule has 1 amide bonds. The van der Waals surface area contributed by atoms with Crippen LogP contribution in [0.15, 0.2) is 54.6 Å². The van der Waals surface area contributed by atoms with Crippen molar-refractivity contribution in [2.24, 2.45) is 11.8 Å². The van der Waals surface area contributed by atoms with Crippen molar-refractivity contribution in [3.63, 3.8) is 0 Å². The number of rotatable bonds is 5. The molecule has 2 aromatic rings. The van der Waals surface area contributed by atoms with E-state index in [9.17, 15) is 9.59 Å². The zero-order valence-corrected chi connectivity index (χ0v) is 17.7. The van der Waals surface area contributed by atoms with Gasteiger partial charge >= 0.3 is 0 Å². The van der Waals surface area contributed by atoms with Crippen LogP contribution in [0.3, 0.4) is 0 Å². The van der Waals surface area contributed by atoms with Crippen molar-refractivity contribution in [2.45, 2.75) is 32.7 Å². The predicted octanol–water partition coefficient (Wildman–Crippen LogP) is 3.95. The third-order valence-corrected chi connectivity index (χ3v) is 6.42. The SMILES string of the molecule is C[C@@H]1C[C@@H](C(=O)Nc2ccc(N3CCN(Cc4ccccc4)CC3)cc2)CCC1=O. The highest BCUT2D eigenvalue weighted by molar-refractivity contribution is 5.94. The third kappa shape index (κ3) is 5.08. The highest BCUT2D eigenvalue weighted by Crippen LogP contribution is 2.28. The van der Waals surface area contributed by atoms with Crippen LogP contribution >= 0.6 is 0 Å². The van der Waals surface area contributed by atoms with Gasteiger partial charge in [0.1, 0.15) is 5.78 Å². The summed E-state index contributed by atoms with van der Waals surface area (Å²) in [6.07, 6.45) is 1.85. The molecule has 0 unspecified atom stereocenters. The van der Waals surface area contributed by atoms with Crippen molar-refractivity contribution in [3.8, 4) is 0 Å². The van der Waals surface area contributed by atoms with Crippen molar-refractivity contribution in [2.75, 3.05) is 36.4 Å². The summed E-state index contributed by atoms with van der Waals surface area (Å²) in [5.41, 5.74) is 3.39. The molecule has 0 spiro atoms. The Kier molecular flexibility index (Phi) is 6.48. The lowest BCUT2D eigenvalue weighted by molar-refractivity contribution is -0.128. The number of hydrogen-bond donors (Lipinski definition) is 1. The molecule has 0 aromatic heterocycles. The van der Waals surface area contributed by atoms with E-state index < -0.39 is 0 Å². The molecule has 30 heavy (non-hydrogen) atoms. The number of hydrogen-bond acceptors (Lipinski definition) is 4. The van der Waals surface area contributed by atoms with E-state index in [1.165, 1.54) is 11.3 Å². The van der Waals surface area contributed by atoms with Crippen LogP contribution in [-0.4, -0.2) is 42.8 Å². The van der Waals surface area contributed by atoms with Gasteiger partial charge in [0.25, 0.3) is 0 Å². The molecule has 5 nitrogen and oxygen atoms in total. The van der Waals surface area contributed by atoms with E-state index in [1.807, 2.05) is 19.1 Å². The molecule has 2 aliphatic rings. The Hall–Kier alpha value is -2.66. The van der Waals surface area contributed by atoms with Crippen molar-refractivity contribution < 1.29 is 9.59 Å². The molecular weight excluding hydrogens is 374 g/mol. The second kappa shape index (κ2) is 9.43. The summed E-state index contributed by atoms with van der Waals surface area (Å²) < 4.78 is 0. The summed E-state index contributed by atoms with van der Waals surface area (Å²) in [4.78, 5) is 29.1. The number of ketones is 1. The van der Waals surface area contributed by atoms with Gasteiger partial charge in [-0.15, -0.1) is 0 Å². The number of piperazine rings is 1. The molecule has 2 atom stereocenters. The second-order valence-corrected chi connectivity index (χ2v) is 8.62. The normalized spacial score (nSPS) is 22.7. The third-order valence-electron chi connectivity index (χ3n) is 6.42. The first-order chi connectivity index (χ1) is 14.6. The molecule has 1 heterocycles. The van der Waals surface area contributed by atoms with Gasteiger partial charge in [0.05, 0.1) is 0 Å². The molecule has 2 aromatic carbocycles. The molecule has 1 saturated carbocycles. The summed E-state index contributed by atoms with van der Waals surface area (Å²) in [5, 5.41) is 3.03. The fourth-order valence-electron chi connectivity index (χ4n) is 4.48. The zero-order valence-electron chi connectivity index (χ0n) is 17.7. The quantitative estimate of drug-likeness (QED) is 0.818. The summed E-state index contributed by atoms with van der Waals surface area (Å²) >= 11 is 0. The van der Waals surface area contributed by atoms with Crippen LogP contribution in [-0.2, 0) is 16.1 Å². The van der Waals surface area contributed by atoms with E-state index in [1.54, 1.807) is 0 Å². The standard InChI is InChI=1S/C25H31N3O2/c1-19-17-21(7-12-24(19)29)25(30)26-22-8-10-23(11-9-22)28-15-13-27(14-16-28)18-20-5-3-2-4-6-20/h2-6,8-11,19,21H,7,12-18H2,1H3,(H,26,30)/t19-,21+/m1/s1. The number of nitrogens with one attached hydrogen (secondary N) is 1. The highest BCUT2D eigenvalue weighted by atomic mass is 16.2. The van der Waals surface area contributed by atoms with E-state index >= 15 is 0 Å². The van der Waals surface area contributed by atoms with Crippen LogP contribution in [0.4, 0.5) is 11.4 Å². The smallest absolute Gasteiger partial charge is 0.227 e. The molecule has 1 N–H and O–H groups in total. The van der Waals surface area contributed by atoms with E-state index in [2.05, 4.69) is 57.6 Å². The molecule has 0 bridgehead atoms. The maximum atomic E-state index is 12.6. The monoisotopic (exact) mass is 405 g/mol. The molecule has 1 aliphatic carbocycles. The van der Waals surface area contributed by atoms with E-state index in [-0.39, 0.29) is 23.5 Å². The number of anilines is 2. The minimum atomic E-state index is -0.0601. The van der Waals surface area contributed by atoms with Crippen LogP contribution in [0.25, 0.3) is 0 Å². The van der Waals surface area contributed by atoms with E-state index in [0.29, 0.717) is 19.3 Å². The number of carbonyl (C=O) groups excluding carboxylic acids is 2. The van der Waals surface area contributed by atoms with Gasteiger partial charge in [0, 0.05) is 62.4 Å². The Morgan fingerprint density at radius 3 is 2.37 bits per heavy atom. The maximum absolute atomic E-state index is 12.6. The number of nitrogens with zero attached hydrogens (tertiary/aromatic N) is 2. The molecule has 2 fully saturated rings. The van der Waals surface area contributed by atoms with Gasteiger partial charge in [-0.25, -0.2) is 0 Å². The lowest BCUT2D eigenvalue weighted by Gasteiger charge is -2.36. The van der Waals surface area contributed by atoms with Gasteiger partial charge in [-0.3, -0.25) is 14.5 Å². The van der Waals surface area contributed by atoms with E-state index in [0.717, 1.165) is 38.4 Å². The molecule has 1 aliphatic heterocycles.